The lowest BCUT2D eigenvalue weighted by Crippen LogP contribution is -2.36. The van der Waals surface area contributed by atoms with Crippen molar-refractivity contribution >= 4 is 11.9 Å². The van der Waals surface area contributed by atoms with E-state index in [0.717, 1.165) is 18.4 Å². The Kier molecular flexibility index (Phi) is 5.40. The molecule has 1 unspecified atom stereocenters. The maximum atomic E-state index is 12.6. The molecule has 0 aliphatic carbocycles. The van der Waals surface area contributed by atoms with Gasteiger partial charge in [0.25, 0.3) is 5.91 Å². The number of hydrogen-bond donors (Lipinski definition) is 2. The first-order valence-electron chi connectivity index (χ1n) is 8.28. The SMILES string of the molecule is O=C(O)c1ccc(C(=O)NC(c2ccccc2)C2CCOCC2)nc1. The van der Waals surface area contributed by atoms with Gasteiger partial charge in [-0.25, -0.2) is 4.79 Å². The molecule has 3 rings (SSSR count). The topological polar surface area (TPSA) is 88.5 Å². The van der Waals surface area contributed by atoms with E-state index in [-0.39, 0.29) is 23.2 Å². The van der Waals surface area contributed by atoms with Gasteiger partial charge >= 0.3 is 5.97 Å². The van der Waals surface area contributed by atoms with E-state index in [2.05, 4.69) is 10.3 Å². The number of hydrogen-bond acceptors (Lipinski definition) is 4. The van der Waals surface area contributed by atoms with Gasteiger partial charge in [0.15, 0.2) is 0 Å². The monoisotopic (exact) mass is 340 g/mol. The lowest BCUT2D eigenvalue weighted by Gasteiger charge is -2.31. The van der Waals surface area contributed by atoms with Gasteiger partial charge in [-0.1, -0.05) is 30.3 Å². The second-order valence-corrected chi connectivity index (χ2v) is 6.05. The Bertz CT molecular complexity index is 725. The Hall–Kier alpha value is -2.73. The molecule has 2 N–H and O–H groups in total. The van der Waals surface area contributed by atoms with Crippen molar-refractivity contribution in [1.82, 2.24) is 10.3 Å². The number of aromatic nitrogens is 1. The van der Waals surface area contributed by atoms with E-state index in [0.29, 0.717) is 19.1 Å². The number of ether oxygens (including phenoxy) is 1. The Morgan fingerprint density at radius 3 is 2.44 bits per heavy atom. The summed E-state index contributed by atoms with van der Waals surface area (Å²) in [5.74, 6) is -1.08. The molecule has 0 bridgehead atoms. The largest absolute Gasteiger partial charge is 0.478 e. The molecule has 1 aromatic heterocycles. The van der Waals surface area contributed by atoms with Gasteiger partial charge in [0.1, 0.15) is 5.69 Å². The summed E-state index contributed by atoms with van der Waals surface area (Å²) in [6.45, 7) is 1.38. The Morgan fingerprint density at radius 1 is 1.12 bits per heavy atom. The molecule has 1 fully saturated rings. The van der Waals surface area contributed by atoms with E-state index < -0.39 is 5.97 Å². The number of rotatable bonds is 5. The van der Waals surface area contributed by atoms with E-state index in [1.54, 1.807) is 0 Å². The molecule has 1 saturated heterocycles. The van der Waals surface area contributed by atoms with Crippen molar-refractivity contribution in [3.63, 3.8) is 0 Å². The van der Waals surface area contributed by atoms with Gasteiger partial charge in [-0.15, -0.1) is 0 Å². The summed E-state index contributed by atoms with van der Waals surface area (Å²) in [6.07, 6.45) is 2.96. The number of carbonyl (C=O) groups excluding carboxylic acids is 1. The second-order valence-electron chi connectivity index (χ2n) is 6.05. The highest BCUT2D eigenvalue weighted by Gasteiger charge is 2.27. The number of benzene rings is 1. The fraction of sp³-hybridized carbons (Fsp3) is 0.316. The zero-order chi connectivity index (χ0) is 17.6. The van der Waals surface area contributed by atoms with Crippen LogP contribution >= 0.6 is 0 Å². The first-order chi connectivity index (χ1) is 12.1. The number of carbonyl (C=O) groups is 2. The van der Waals surface area contributed by atoms with E-state index in [9.17, 15) is 9.59 Å². The molecular formula is C19H20N2O4. The minimum atomic E-state index is -1.07. The maximum absolute atomic E-state index is 12.6. The molecule has 2 aromatic rings. The molecule has 1 atom stereocenters. The van der Waals surface area contributed by atoms with Crippen LogP contribution in [0.25, 0.3) is 0 Å². The molecule has 6 heteroatoms. The zero-order valence-electron chi connectivity index (χ0n) is 13.7. The van der Waals surface area contributed by atoms with Crippen molar-refractivity contribution in [3.8, 4) is 0 Å². The number of amides is 1. The van der Waals surface area contributed by atoms with Crippen molar-refractivity contribution in [1.29, 1.82) is 0 Å². The standard InChI is InChI=1S/C19H20N2O4/c22-18(16-7-6-15(12-20-16)19(23)24)21-17(13-4-2-1-3-5-13)14-8-10-25-11-9-14/h1-7,12,14,17H,8-11H2,(H,21,22)(H,23,24). The van der Waals surface area contributed by atoms with Crippen molar-refractivity contribution in [2.24, 2.45) is 5.92 Å². The molecule has 0 spiro atoms. The lowest BCUT2D eigenvalue weighted by atomic mass is 9.87. The van der Waals surface area contributed by atoms with E-state index >= 15 is 0 Å². The number of pyridine rings is 1. The van der Waals surface area contributed by atoms with Crippen LogP contribution in [0.4, 0.5) is 0 Å². The van der Waals surface area contributed by atoms with Crippen LogP contribution < -0.4 is 5.32 Å². The van der Waals surface area contributed by atoms with Crippen molar-refractivity contribution in [2.45, 2.75) is 18.9 Å². The lowest BCUT2D eigenvalue weighted by molar-refractivity contribution is 0.0513. The average Bonchev–Trinajstić information content (AvgIpc) is 2.67. The molecule has 0 radical (unpaired) electrons. The summed E-state index contributed by atoms with van der Waals surface area (Å²) < 4.78 is 5.43. The smallest absolute Gasteiger partial charge is 0.337 e. The highest BCUT2D eigenvalue weighted by atomic mass is 16.5. The van der Waals surface area contributed by atoms with E-state index in [1.807, 2.05) is 30.3 Å². The second kappa shape index (κ2) is 7.90. The Balaban J connectivity index is 1.79. The molecule has 1 aromatic carbocycles. The van der Waals surface area contributed by atoms with Crippen molar-refractivity contribution in [3.05, 3.63) is 65.5 Å². The molecular weight excluding hydrogens is 320 g/mol. The van der Waals surface area contributed by atoms with Gasteiger partial charge in [0, 0.05) is 19.4 Å². The summed E-state index contributed by atoms with van der Waals surface area (Å²) in [5, 5.41) is 12.0. The van der Waals surface area contributed by atoms with E-state index in [4.69, 9.17) is 9.84 Å². The zero-order valence-corrected chi connectivity index (χ0v) is 13.7. The maximum Gasteiger partial charge on any atom is 0.337 e. The predicted molar refractivity (Wildman–Crippen MR) is 91.4 cm³/mol. The molecule has 1 aliphatic heterocycles. The number of nitrogens with zero attached hydrogens (tertiary/aromatic N) is 1. The van der Waals surface area contributed by atoms with Crippen molar-refractivity contribution < 1.29 is 19.4 Å². The van der Waals surface area contributed by atoms with Crippen LogP contribution in [0.3, 0.4) is 0 Å². The summed E-state index contributed by atoms with van der Waals surface area (Å²) in [5.41, 5.74) is 1.31. The Morgan fingerprint density at radius 2 is 1.84 bits per heavy atom. The Labute approximate surface area is 145 Å². The van der Waals surface area contributed by atoms with Crippen LogP contribution in [0, 0.1) is 5.92 Å². The normalized spacial score (nSPS) is 16.2. The molecule has 130 valence electrons. The fourth-order valence-corrected chi connectivity index (χ4v) is 3.05. The summed E-state index contributed by atoms with van der Waals surface area (Å²) in [4.78, 5) is 27.5. The number of aromatic carboxylic acids is 1. The predicted octanol–water partition coefficient (Wildman–Crippen LogP) is 2.68. The molecule has 25 heavy (non-hydrogen) atoms. The van der Waals surface area contributed by atoms with Gasteiger partial charge in [-0.2, -0.15) is 0 Å². The number of nitrogens with one attached hydrogen (secondary N) is 1. The third-order valence-electron chi connectivity index (χ3n) is 4.43. The van der Waals surface area contributed by atoms with E-state index in [1.165, 1.54) is 18.3 Å². The van der Waals surface area contributed by atoms with Gasteiger partial charge in [0.05, 0.1) is 11.6 Å². The number of carboxylic acid groups (broad SMARTS) is 1. The number of carboxylic acids is 1. The van der Waals surface area contributed by atoms with Crippen LogP contribution in [0.1, 0.15) is 45.3 Å². The van der Waals surface area contributed by atoms with Crippen LogP contribution in [0.2, 0.25) is 0 Å². The van der Waals surface area contributed by atoms with Gasteiger partial charge in [-0.3, -0.25) is 9.78 Å². The summed E-state index contributed by atoms with van der Waals surface area (Å²) in [7, 11) is 0. The molecule has 0 saturated carbocycles. The van der Waals surface area contributed by atoms with Crippen LogP contribution in [0.15, 0.2) is 48.7 Å². The first-order valence-corrected chi connectivity index (χ1v) is 8.28. The molecule has 1 aliphatic rings. The molecule has 6 nitrogen and oxygen atoms in total. The van der Waals surface area contributed by atoms with Gasteiger partial charge < -0.3 is 15.2 Å². The van der Waals surface area contributed by atoms with Crippen LogP contribution in [-0.2, 0) is 4.74 Å². The fourth-order valence-electron chi connectivity index (χ4n) is 3.05. The van der Waals surface area contributed by atoms with Crippen LogP contribution in [0.5, 0.6) is 0 Å². The average molecular weight is 340 g/mol. The van der Waals surface area contributed by atoms with Gasteiger partial charge in [0.2, 0.25) is 0 Å². The minimum Gasteiger partial charge on any atom is -0.478 e. The third kappa shape index (κ3) is 4.22. The minimum absolute atomic E-state index is 0.0561. The summed E-state index contributed by atoms with van der Waals surface area (Å²) in [6, 6.07) is 12.5. The third-order valence-corrected chi connectivity index (χ3v) is 4.43. The van der Waals surface area contributed by atoms with Crippen molar-refractivity contribution in [2.75, 3.05) is 13.2 Å². The highest BCUT2D eigenvalue weighted by Crippen LogP contribution is 2.30. The first kappa shape index (κ1) is 17.1. The quantitative estimate of drug-likeness (QED) is 0.873. The van der Waals surface area contributed by atoms with Gasteiger partial charge in [-0.05, 0) is 36.5 Å². The molecule has 1 amide bonds. The highest BCUT2D eigenvalue weighted by molar-refractivity contribution is 5.94. The van der Waals surface area contributed by atoms with Crippen LogP contribution in [-0.4, -0.2) is 35.2 Å². The summed E-state index contributed by atoms with van der Waals surface area (Å²) >= 11 is 0. The molecule has 2 heterocycles.